The molecule has 1 aromatic rings. The molecule has 1 aromatic carbocycles. The maximum Gasteiger partial charge on any atom is 4.00 e. The minimum Gasteiger partial charge on any atom is -0.358 e. The molecule has 1 heteroatoms. The summed E-state index contributed by atoms with van der Waals surface area (Å²) >= 11 is 0. The normalized spacial score (nSPS) is 12.2. The van der Waals surface area contributed by atoms with Crippen LogP contribution in [0.5, 0.6) is 0 Å². The van der Waals surface area contributed by atoms with Crippen molar-refractivity contribution in [1.29, 1.82) is 0 Å². The molecule has 0 bridgehead atoms. The Morgan fingerprint density at radius 2 is 1.44 bits per heavy atom. The van der Waals surface area contributed by atoms with E-state index in [4.69, 9.17) is 0 Å². The monoisotopic (exact) mass is 254 g/mol. The third kappa shape index (κ3) is 3.28. The van der Waals surface area contributed by atoms with Crippen LogP contribution in [0.15, 0.2) is 0 Å². The second-order valence-corrected chi connectivity index (χ2v) is 4.04. The van der Waals surface area contributed by atoms with Crippen LogP contribution in [0.4, 0.5) is 0 Å². The molecule has 0 atom stereocenters. The molecule has 0 aromatic heterocycles. The first-order valence-corrected chi connectivity index (χ1v) is 4.96. The van der Waals surface area contributed by atoms with Crippen LogP contribution in [0.1, 0.15) is 40.7 Å². The molecule has 0 saturated carbocycles. The fourth-order valence-corrected chi connectivity index (χ4v) is 2.47. The summed E-state index contributed by atoms with van der Waals surface area (Å²) in [6, 6.07) is 0. The molecule has 90 valence electrons. The van der Waals surface area contributed by atoms with E-state index in [2.05, 4.69) is 20.8 Å². The van der Waals surface area contributed by atoms with E-state index in [1.165, 1.54) is 25.7 Å². The van der Waals surface area contributed by atoms with Crippen molar-refractivity contribution < 1.29 is 21.7 Å². The third-order valence-corrected chi connectivity index (χ3v) is 3.50. The van der Waals surface area contributed by atoms with Gasteiger partial charge in [-0.1, -0.05) is 46.5 Å². The first-order valence-electron chi connectivity index (χ1n) is 4.96. The van der Waals surface area contributed by atoms with Gasteiger partial charge >= 0.3 is 21.7 Å². The Kier molecular flexibility index (Phi) is 10.9. The van der Waals surface area contributed by atoms with Gasteiger partial charge in [0.05, 0.1) is 0 Å². The van der Waals surface area contributed by atoms with Crippen molar-refractivity contribution in [2.24, 2.45) is 0 Å². The van der Waals surface area contributed by atoms with Crippen LogP contribution in [-0.4, -0.2) is 0 Å². The third-order valence-electron chi connectivity index (χ3n) is 3.50. The van der Waals surface area contributed by atoms with Crippen molar-refractivity contribution in [2.45, 2.75) is 46.5 Å². The zero-order valence-electron chi connectivity index (χ0n) is 11.8. The van der Waals surface area contributed by atoms with Gasteiger partial charge in [0.2, 0.25) is 0 Å². The molecule has 1 aliphatic carbocycles. The molecule has 0 saturated heterocycles. The first-order chi connectivity index (χ1) is 5.72. The summed E-state index contributed by atoms with van der Waals surface area (Å²) in [6.07, 6.45) is 5.46. The number of rotatable bonds is 0. The molecule has 0 unspecified atom stereocenters. The van der Waals surface area contributed by atoms with Gasteiger partial charge in [0, 0.05) is 0 Å². The summed E-state index contributed by atoms with van der Waals surface area (Å²) < 4.78 is 0. The summed E-state index contributed by atoms with van der Waals surface area (Å²) in [5.41, 5.74) is 8.04. The quantitative estimate of drug-likeness (QED) is 0.470. The standard InChI is InChI=1S/C12H17.3CH3.Ti/c1-8-9(2)11-6-4-5-7-12(11)10(8)3;;;;/h4-7H2,1-3H3;3*1H3;/q4*-1;+4. The molecule has 0 N–H and O–H groups in total. The van der Waals surface area contributed by atoms with Gasteiger partial charge in [-0.15, -0.1) is 0 Å². The maximum atomic E-state index is 2.28. The van der Waals surface area contributed by atoms with E-state index >= 15 is 0 Å². The van der Waals surface area contributed by atoms with E-state index in [0.29, 0.717) is 0 Å². The van der Waals surface area contributed by atoms with E-state index in [9.17, 15) is 0 Å². The van der Waals surface area contributed by atoms with Crippen LogP contribution in [0.3, 0.4) is 0 Å². The number of fused-ring (bicyclic) bond motifs is 1. The summed E-state index contributed by atoms with van der Waals surface area (Å²) in [5.74, 6) is 0. The van der Waals surface area contributed by atoms with Crippen LogP contribution in [-0.2, 0) is 34.6 Å². The molecular weight excluding hydrogens is 228 g/mol. The van der Waals surface area contributed by atoms with Crippen LogP contribution in [0.2, 0.25) is 0 Å². The number of hydrogen-bond donors (Lipinski definition) is 0. The summed E-state index contributed by atoms with van der Waals surface area (Å²) in [6.45, 7) is 6.84. The summed E-state index contributed by atoms with van der Waals surface area (Å²) in [7, 11) is 0. The molecule has 0 spiro atoms. The molecule has 0 fully saturated rings. The minimum absolute atomic E-state index is 0. The van der Waals surface area contributed by atoms with Crippen molar-refractivity contribution in [1.82, 2.24) is 0 Å². The summed E-state index contributed by atoms with van der Waals surface area (Å²) in [4.78, 5) is 0. The molecule has 0 amide bonds. The fraction of sp³-hybridized carbons (Fsp3) is 0.467. The van der Waals surface area contributed by atoms with Crippen molar-refractivity contribution >= 4 is 0 Å². The number of hydrogen-bond acceptors (Lipinski definition) is 0. The Bertz CT molecular complexity index is 278. The molecule has 16 heavy (non-hydrogen) atoms. The van der Waals surface area contributed by atoms with Crippen molar-refractivity contribution in [3.05, 3.63) is 50.1 Å². The van der Waals surface area contributed by atoms with Crippen molar-refractivity contribution in [3.8, 4) is 0 Å². The Labute approximate surface area is 118 Å². The molecule has 0 aliphatic heterocycles. The van der Waals surface area contributed by atoms with Crippen LogP contribution in [0.25, 0.3) is 0 Å². The predicted octanol–water partition coefficient (Wildman–Crippen LogP) is 4.56. The largest absolute Gasteiger partial charge is 4.00 e. The zero-order valence-corrected chi connectivity index (χ0v) is 13.4. The van der Waals surface area contributed by atoms with Gasteiger partial charge in [0.25, 0.3) is 0 Å². The van der Waals surface area contributed by atoms with E-state index in [0.717, 1.165) is 0 Å². The predicted molar refractivity (Wildman–Crippen MR) is 72.1 cm³/mol. The average molecular weight is 254 g/mol. The second-order valence-electron chi connectivity index (χ2n) is 4.04. The first kappa shape index (κ1) is 21.4. The van der Waals surface area contributed by atoms with E-state index < -0.39 is 0 Å². The molecule has 0 heterocycles. The van der Waals surface area contributed by atoms with Gasteiger partial charge in [-0.05, 0) is 0 Å². The van der Waals surface area contributed by atoms with Gasteiger partial charge in [0.15, 0.2) is 0 Å². The van der Waals surface area contributed by atoms with E-state index in [-0.39, 0.29) is 44.0 Å². The van der Waals surface area contributed by atoms with Crippen LogP contribution in [0, 0.1) is 43.1 Å². The topological polar surface area (TPSA) is 0 Å². The smallest absolute Gasteiger partial charge is 0.358 e. The zero-order chi connectivity index (χ0) is 8.72. The van der Waals surface area contributed by atoms with Gasteiger partial charge in [-0.25, -0.2) is 0 Å². The molecule has 0 radical (unpaired) electrons. The SMILES string of the molecule is Cc1c2c([c-](C)c1C)CCCC2.[CH3-].[CH3-].[CH3-].[Ti+4]. The van der Waals surface area contributed by atoms with Crippen LogP contribution >= 0.6 is 0 Å². The molecule has 0 nitrogen and oxygen atoms in total. The Balaban J connectivity index is -0.000000422. The second kappa shape index (κ2) is 8.20. The van der Waals surface area contributed by atoms with Crippen molar-refractivity contribution in [2.75, 3.05) is 0 Å². The summed E-state index contributed by atoms with van der Waals surface area (Å²) in [5, 5.41) is 0. The van der Waals surface area contributed by atoms with Gasteiger partial charge in [-0.2, -0.15) is 27.8 Å². The average Bonchev–Trinajstić information content (AvgIpc) is 2.33. The molecule has 1 aliphatic rings. The van der Waals surface area contributed by atoms with Crippen LogP contribution < -0.4 is 0 Å². The van der Waals surface area contributed by atoms with Crippen molar-refractivity contribution in [3.63, 3.8) is 0 Å². The molecule has 2 rings (SSSR count). The van der Waals surface area contributed by atoms with Gasteiger partial charge in [-0.3, -0.25) is 0 Å². The van der Waals surface area contributed by atoms with E-state index in [1.54, 1.807) is 27.8 Å². The Morgan fingerprint density at radius 3 is 1.94 bits per heavy atom. The van der Waals surface area contributed by atoms with E-state index in [1.807, 2.05) is 0 Å². The minimum atomic E-state index is 0. The Hall–Kier alpha value is 0.0643. The maximum absolute atomic E-state index is 2.28. The van der Waals surface area contributed by atoms with Gasteiger partial charge in [0.1, 0.15) is 0 Å². The molecular formula is C15H26Ti. The Morgan fingerprint density at radius 1 is 0.938 bits per heavy atom. The fourth-order valence-electron chi connectivity index (χ4n) is 2.47. The van der Waals surface area contributed by atoms with Gasteiger partial charge < -0.3 is 22.3 Å².